The highest BCUT2D eigenvalue weighted by atomic mass is 32.2. The number of sulfonamides is 2. The van der Waals surface area contributed by atoms with E-state index in [1.165, 1.54) is 45.0 Å². The molecule has 2 aromatic rings. The van der Waals surface area contributed by atoms with Gasteiger partial charge in [0, 0.05) is 39.3 Å². The standard InChI is InChI=1S/C22H28FN3O4S2/c23-20-6-4-19(5-7-20)18-24-12-3-15-26(17-16-24)32(29,30)22-10-8-21(9-11-22)31(27,28)25-13-1-2-14-25/h4-11H,1-3,12-18H2. The average Bonchev–Trinajstić information content (AvgIpc) is 3.23. The second kappa shape index (κ2) is 9.56. The van der Waals surface area contributed by atoms with Crippen LogP contribution in [0.1, 0.15) is 24.8 Å². The van der Waals surface area contributed by atoms with E-state index in [0.29, 0.717) is 45.7 Å². The molecular formula is C22H28FN3O4S2. The fourth-order valence-corrected chi connectivity index (χ4v) is 7.19. The van der Waals surface area contributed by atoms with E-state index in [1.807, 2.05) is 0 Å². The Hall–Kier alpha value is -1.85. The maximum absolute atomic E-state index is 13.2. The molecule has 0 spiro atoms. The van der Waals surface area contributed by atoms with E-state index >= 15 is 0 Å². The average molecular weight is 482 g/mol. The maximum atomic E-state index is 13.2. The predicted molar refractivity (Wildman–Crippen MR) is 119 cm³/mol. The van der Waals surface area contributed by atoms with Crippen LogP contribution in [0.15, 0.2) is 58.3 Å². The van der Waals surface area contributed by atoms with Crippen molar-refractivity contribution in [3.8, 4) is 0 Å². The van der Waals surface area contributed by atoms with Crippen LogP contribution in [0.2, 0.25) is 0 Å². The van der Waals surface area contributed by atoms with Crippen LogP contribution in [0, 0.1) is 5.82 Å². The highest BCUT2D eigenvalue weighted by molar-refractivity contribution is 7.89. The van der Waals surface area contributed by atoms with Crippen molar-refractivity contribution in [1.82, 2.24) is 13.5 Å². The molecule has 0 amide bonds. The van der Waals surface area contributed by atoms with Crippen LogP contribution in [-0.4, -0.2) is 69.6 Å². The van der Waals surface area contributed by atoms with Gasteiger partial charge in [-0.05, 0) is 67.8 Å². The van der Waals surface area contributed by atoms with Crippen molar-refractivity contribution < 1.29 is 21.2 Å². The number of nitrogens with zero attached hydrogens (tertiary/aromatic N) is 3. The molecule has 0 bridgehead atoms. The molecule has 0 aliphatic carbocycles. The van der Waals surface area contributed by atoms with Gasteiger partial charge in [0.25, 0.3) is 0 Å². The lowest BCUT2D eigenvalue weighted by atomic mass is 10.2. The van der Waals surface area contributed by atoms with E-state index in [1.54, 1.807) is 12.1 Å². The van der Waals surface area contributed by atoms with E-state index in [9.17, 15) is 21.2 Å². The van der Waals surface area contributed by atoms with Gasteiger partial charge in [-0.2, -0.15) is 8.61 Å². The van der Waals surface area contributed by atoms with Crippen LogP contribution in [0.25, 0.3) is 0 Å². The minimum Gasteiger partial charge on any atom is -0.298 e. The van der Waals surface area contributed by atoms with E-state index < -0.39 is 20.0 Å². The molecular weight excluding hydrogens is 453 g/mol. The van der Waals surface area contributed by atoms with Crippen molar-refractivity contribution in [1.29, 1.82) is 0 Å². The topological polar surface area (TPSA) is 78.0 Å². The van der Waals surface area contributed by atoms with Crippen LogP contribution in [0.5, 0.6) is 0 Å². The van der Waals surface area contributed by atoms with Crippen molar-refractivity contribution in [2.45, 2.75) is 35.6 Å². The molecule has 32 heavy (non-hydrogen) atoms. The molecule has 174 valence electrons. The molecule has 0 radical (unpaired) electrons. The molecule has 0 aromatic heterocycles. The van der Waals surface area contributed by atoms with E-state index in [4.69, 9.17) is 0 Å². The summed E-state index contributed by atoms with van der Waals surface area (Å²) in [7, 11) is -7.30. The summed E-state index contributed by atoms with van der Waals surface area (Å²) in [6.07, 6.45) is 2.37. The normalized spacial score (nSPS) is 19.8. The number of rotatable bonds is 6. The fourth-order valence-electron chi connectivity index (χ4n) is 4.20. The molecule has 2 aromatic carbocycles. The molecule has 0 saturated carbocycles. The minimum absolute atomic E-state index is 0.102. The van der Waals surface area contributed by atoms with E-state index in [0.717, 1.165) is 24.9 Å². The van der Waals surface area contributed by atoms with Crippen molar-refractivity contribution >= 4 is 20.0 Å². The summed E-state index contributed by atoms with van der Waals surface area (Å²) in [6, 6.07) is 11.9. The third-order valence-corrected chi connectivity index (χ3v) is 9.86. The third-order valence-electron chi connectivity index (χ3n) is 6.03. The van der Waals surface area contributed by atoms with Gasteiger partial charge in [0.15, 0.2) is 0 Å². The maximum Gasteiger partial charge on any atom is 0.243 e. The molecule has 0 N–H and O–H groups in total. The molecule has 7 nitrogen and oxygen atoms in total. The van der Waals surface area contributed by atoms with E-state index in [2.05, 4.69) is 4.90 Å². The molecule has 2 fully saturated rings. The number of hydrogen-bond acceptors (Lipinski definition) is 5. The van der Waals surface area contributed by atoms with Crippen LogP contribution >= 0.6 is 0 Å². The Balaban J connectivity index is 1.43. The minimum atomic E-state index is -3.72. The van der Waals surface area contributed by atoms with Gasteiger partial charge in [-0.1, -0.05) is 12.1 Å². The van der Waals surface area contributed by atoms with Crippen molar-refractivity contribution in [2.24, 2.45) is 0 Å². The summed E-state index contributed by atoms with van der Waals surface area (Å²) in [5.41, 5.74) is 0.984. The van der Waals surface area contributed by atoms with Gasteiger partial charge < -0.3 is 0 Å². The predicted octanol–water partition coefficient (Wildman–Crippen LogP) is 2.51. The Morgan fingerprint density at radius 2 is 1.12 bits per heavy atom. The lowest BCUT2D eigenvalue weighted by Gasteiger charge is -2.22. The Labute approximate surface area is 189 Å². The molecule has 2 aliphatic rings. The van der Waals surface area contributed by atoms with Crippen LogP contribution in [0.4, 0.5) is 4.39 Å². The summed E-state index contributed by atoms with van der Waals surface area (Å²) >= 11 is 0. The second-order valence-electron chi connectivity index (χ2n) is 8.24. The van der Waals surface area contributed by atoms with Crippen molar-refractivity contribution in [2.75, 3.05) is 39.3 Å². The monoisotopic (exact) mass is 481 g/mol. The third kappa shape index (κ3) is 5.04. The van der Waals surface area contributed by atoms with Gasteiger partial charge >= 0.3 is 0 Å². The van der Waals surface area contributed by atoms with Crippen LogP contribution < -0.4 is 0 Å². The molecule has 2 heterocycles. The molecule has 10 heteroatoms. The second-order valence-corrected chi connectivity index (χ2v) is 12.1. The zero-order valence-corrected chi connectivity index (χ0v) is 19.5. The first-order valence-electron chi connectivity index (χ1n) is 10.8. The quantitative estimate of drug-likeness (QED) is 0.634. The van der Waals surface area contributed by atoms with Crippen LogP contribution in [0.3, 0.4) is 0 Å². The van der Waals surface area contributed by atoms with Gasteiger partial charge in [-0.25, -0.2) is 21.2 Å². The van der Waals surface area contributed by atoms with E-state index in [-0.39, 0.29) is 15.6 Å². The Morgan fingerprint density at radius 1 is 0.625 bits per heavy atom. The highest BCUT2D eigenvalue weighted by Crippen LogP contribution is 2.24. The first kappa shape index (κ1) is 23.3. The van der Waals surface area contributed by atoms with Crippen molar-refractivity contribution in [3.05, 3.63) is 59.9 Å². The Kier molecular flexibility index (Phi) is 6.97. The van der Waals surface area contributed by atoms with Gasteiger partial charge in [-0.3, -0.25) is 4.90 Å². The molecule has 2 saturated heterocycles. The number of halogens is 1. The molecule has 2 aliphatic heterocycles. The van der Waals surface area contributed by atoms with Gasteiger partial charge in [0.2, 0.25) is 20.0 Å². The summed E-state index contributed by atoms with van der Waals surface area (Å²) in [5, 5.41) is 0. The number of benzene rings is 2. The smallest absolute Gasteiger partial charge is 0.243 e. The summed E-state index contributed by atoms with van der Waals surface area (Å²) in [6.45, 7) is 3.70. The fraction of sp³-hybridized carbons (Fsp3) is 0.455. The lowest BCUT2D eigenvalue weighted by Crippen LogP contribution is -2.35. The Bertz CT molecular complexity index is 1130. The SMILES string of the molecule is O=S(=O)(c1ccc(S(=O)(=O)N2CCCN(Cc3ccc(F)cc3)CC2)cc1)N1CCCC1. The lowest BCUT2D eigenvalue weighted by molar-refractivity contribution is 0.278. The van der Waals surface area contributed by atoms with Gasteiger partial charge in [-0.15, -0.1) is 0 Å². The Morgan fingerprint density at radius 3 is 1.69 bits per heavy atom. The summed E-state index contributed by atoms with van der Waals surface area (Å²) in [5.74, 6) is -0.277. The highest BCUT2D eigenvalue weighted by Gasteiger charge is 2.30. The molecule has 0 unspecified atom stereocenters. The summed E-state index contributed by atoms with van der Waals surface area (Å²) in [4.78, 5) is 2.39. The summed E-state index contributed by atoms with van der Waals surface area (Å²) < 4.78 is 67.7. The first-order valence-corrected chi connectivity index (χ1v) is 13.7. The molecule has 4 rings (SSSR count). The van der Waals surface area contributed by atoms with Gasteiger partial charge in [0.05, 0.1) is 9.79 Å². The first-order chi connectivity index (χ1) is 15.3. The van der Waals surface area contributed by atoms with Gasteiger partial charge in [0.1, 0.15) is 5.82 Å². The largest absolute Gasteiger partial charge is 0.298 e. The zero-order valence-electron chi connectivity index (χ0n) is 17.9. The van der Waals surface area contributed by atoms with Crippen LogP contribution in [-0.2, 0) is 26.6 Å². The zero-order chi connectivity index (χ0) is 22.8. The number of hydrogen-bond donors (Lipinski definition) is 0. The molecule has 0 atom stereocenters. The van der Waals surface area contributed by atoms with Crippen molar-refractivity contribution in [3.63, 3.8) is 0 Å².